The van der Waals surface area contributed by atoms with Gasteiger partial charge in [-0.15, -0.1) is 0 Å². The van der Waals surface area contributed by atoms with E-state index in [1.165, 1.54) is 0 Å². The van der Waals surface area contributed by atoms with Crippen LogP contribution in [0.15, 0.2) is 36.4 Å². The van der Waals surface area contributed by atoms with Crippen molar-refractivity contribution in [3.63, 3.8) is 0 Å². The average molecular weight is 513 g/mol. The fraction of sp³-hybridized carbons (Fsp3) is 0.400. The van der Waals surface area contributed by atoms with Gasteiger partial charge in [0.25, 0.3) is 6.01 Å². The molecule has 1 amide bonds. The molecule has 0 aliphatic carbocycles. The van der Waals surface area contributed by atoms with Gasteiger partial charge in [0, 0.05) is 18.7 Å². The number of ether oxygens (including phenoxy) is 3. The summed E-state index contributed by atoms with van der Waals surface area (Å²) in [6, 6.07) is 10.0. The Morgan fingerprint density at radius 3 is 2.69 bits per heavy atom. The first-order valence-corrected chi connectivity index (χ1v) is 12.2. The van der Waals surface area contributed by atoms with Crippen LogP contribution >= 0.6 is 11.6 Å². The van der Waals surface area contributed by atoms with Gasteiger partial charge in [0.05, 0.1) is 29.4 Å². The molecule has 6 rings (SSSR count). The average Bonchev–Trinajstić information content (AvgIpc) is 3.60. The normalized spacial score (nSPS) is 25.8. The third kappa shape index (κ3) is 4.25. The molecular weight excluding hydrogens is 488 g/mol. The minimum absolute atomic E-state index is 0.230. The Bertz CT molecular complexity index is 1330. The molecule has 3 N–H and O–H groups in total. The van der Waals surface area contributed by atoms with Gasteiger partial charge in [-0.1, -0.05) is 41.9 Å². The van der Waals surface area contributed by atoms with Gasteiger partial charge < -0.3 is 34.3 Å². The fourth-order valence-corrected chi connectivity index (χ4v) is 5.20. The van der Waals surface area contributed by atoms with Crippen molar-refractivity contribution >= 4 is 34.2 Å². The van der Waals surface area contributed by atoms with Gasteiger partial charge in [0.2, 0.25) is 5.91 Å². The Hall–Kier alpha value is -3.02. The lowest BCUT2D eigenvalue weighted by Gasteiger charge is -2.26. The summed E-state index contributed by atoms with van der Waals surface area (Å²) >= 11 is 6.57. The Morgan fingerprint density at radius 1 is 1.17 bits per heavy atom. The molecule has 11 heteroatoms. The number of carbonyl (C=O) groups excluding carboxylic acids is 1. The number of halogens is 1. The number of rotatable bonds is 5. The maximum Gasteiger partial charge on any atom is 0.296 e. The molecule has 3 aromatic rings. The second-order valence-electron chi connectivity index (χ2n) is 9.11. The van der Waals surface area contributed by atoms with Crippen molar-refractivity contribution in [3.8, 4) is 17.3 Å². The Kier molecular flexibility index (Phi) is 6.14. The summed E-state index contributed by atoms with van der Waals surface area (Å²) in [5.74, 6) is -0.255. The molecule has 0 bridgehead atoms. The molecule has 4 atom stereocenters. The van der Waals surface area contributed by atoms with E-state index in [0.717, 1.165) is 23.1 Å². The molecule has 10 nitrogen and oxygen atoms in total. The third-order valence-corrected chi connectivity index (χ3v) is 7.16. The van der Waals surface area contributed by atoms with E-state index in [1.54, 1.807) is 11.0 Å². The maximum atomic E-state index is 11.7. The standard InChI is InChI=1S/C25H25ClN4O6/c26-16-9-17-24(29-25(27-17)36-19-12-35-22-18(32)11-34-23(19)22)28-21(16)15-3-1-13(2-4-15)14-5-7-30(8-6-14)20(33)10-31/h1-5,9,18-19,22-23,31-32H,6-8,10-12H2,(H,27,28,29)/t18-,19-,22?,23?/m1/s1. The summed E-state index contributed by atoms with van der Waals surface area (Å²) in [7, 11) is 0. The summed E-state index contributed by atoms with van der Waals surface area (Å²) in [6.45, 7) is 1.15. The summed E-state index contributed by atoms with van der Waals surface area (Å²) in [5.41, 5.74) is 4.80. The lowest BCUT2D eigenvalue weighted by molar-refractivity contribution is -0.133. The number of hydrogen-bond donors (Lipinski definition) is 3. The van der Waals surface area contributed by atoms with Crippen molar-refractivity contribution in [3.05, 3.63) is 47.0 Å². The number of carbonyl (C=O) groups is 1. The number of aromatic amines is 1. The van der Waals surface area contributed by atoms with Gasteiger partial charge >= 0.3 is 0 Å². The number of benzene rings is 1. The van der Waals surface area contributed by atoms with Crippen LogP contribution in [0.2, 0.25) is 5.02 Å². The monoisotopic (exact) mass is 512 g/mol. The molecule has 1 aromatic carbocycles. The molecule has 0 saturated carbocycles. The third-order valence-electron chi connectivity index (χ3n) is 6.88. The van der Waals surface area contributed by atoms with E-state index < -0.39 is 12.7 Å². The van der Waals surface area contributed by atoms with Crippen LogP contribution in [0, 0.1) is 0 Å². The van der Waals surface area contributed by atoms with Crippen LogP contribution < -0.4 is 4.74 Å². The van der Waals surface area contributed by atoms with Crippen molar-refractivity contribution in [1.82, 2.24) is 19.9 Å². The van der Waals surface area contributed by atoms with Crippen molar-refractivity contribution in [2.75, 3.05) is 32.9 Å². The Morgan fingerprint density at radius 2 is 1.94 bits per heavy atom. The number of imidazole rings is 1. The quantitative estimate of drug-likeness (QED) is 0.472. The summed E-state index contributed by atoms with van der Waals surface area (Å²) < 4.78 is 17.2. The minimum Gasteiger partial charge on any atom is -0.456 e. The van der Waals surface area contributed by atoms with Crippen LogP contribution in [0.25, 0.3) is 28.0 Å². The molecule has 3 aliphatic heterocycles. The lowest BCUT2D eigenvalue weighted by Crippen LogP contribution is -2.36. The van der Waals surface area contributed by atoms with Crippen LogP contribution in [-0.4, -0.2) is 93.3 Å². The Balaban J connectivity index is 1.19. The number of aliphatic hydroxyl groups excluding tert-OH is 2. The van der Waals surface area contributed by atoms with E-state index in [1.807, 2.05) is 30.3 Å². The van der Waals surface area contributed by atoms with E-state index in [2.05, 4.69) is 15.0 Å². The highest BCUT2D eigenvalue weighted by atomic mass is 35.5. The highest BCUT2D eigenvalue weighted by molar-refractivity contribution is 6.33. The van der Waals surface area contributed by atoms with Crippen LogP contribution in [-0.2, 0) is 14.3 Å². The molecule has 0 radical (unpaired) electrons. The van der Waals surface area contributed by atoms with Gasteiger partial charge in [-0.25, -0.2) is 4.98 Å². The molecule has 3 aliphatic rings. The fourth-order valence-electron chi connectivity index (χ4n) is 4.94. The predicted molar refractivity (Wildman–Crippen MR) is 130 cm³/mol. The first kappa shape index (κ1) is 23.4. The van der Waals surface area contributed by atoms with E-state index in [9.17, 15) is 9.90 Å². The number of hydrogen-bond acceptors (Lipinski definition) is 8. The first-order chi connectivity index (χ1) is 17.5. The van der Waals surface area contributed by atoms with Gasteiger partial charge in [-0.3, -0.25) is 4.79 Å². The molecular formula is C25H25ClN4O6. The number of aliphatic hydroxyl groups is 2. The number of aromatic nitrogens is 3. The van der Waals surface area contributed by atoms with Crippen LogP contribution in [0.3, 0.4) is 0 Å². The highest BCUT2D eigenvalue weighted by Gasteiger charge is 2.48. The molecule has 2 fully saturated rings. The molecule has 2 saturated heterocycles. The number of pyridine rings is 1. The van der Waals surface area contributed by atoms with Gasteiger partial charge in [-0.2, -0.15) is 4.98 Å². The number of nitrogens with zero attached hydrogens (tertiary/aromatic N) is 3. The predicted octanol–water partition coefficient (Wildman–Crippen LogP) is 1.79. The largest absolute Gasteiger partial charge is 0.456 e. The smallest absolute Gasteiger partial charge is 0.296 e. The minimum atomic E-state index is -0.645. The second kappa shape index (κ2) is 9.45. The molecule has 2 aromatic heterocycles. The van der Waals surface area contributed by atoms with Crippen molar-refractivity contribution in [1.29, 1.82) is 0 Å². The number of H-pyrrole nitrogens is 1. The summed E-state index contributed by atoms with van der Waals surface area (Å²) in [5, 5.41) is 19.4. The van der Waals surface area contributed by atoms with Crippen LogP contribution in [0.5, 0.6) is 6.01 Å². The van der Waals surface area contributed by atoms with E-state index in [-0.39, 0.29) is 30.8 Å². The SMILES string of the molecule is O=C(CO)N1CC=C(c2ccc(-c3nc4nc(O[C@@H]5COC6C5OC[C@H]6O)[nH]c4cc3Cl)cc2)CC1. The van der Waals surface area contributed by atoms with Crippen LogP contribution in [0.1, 0.15) is 12.0 Å². The van der Waals surface area contributed by atoms with Gasteiger partial charge in [0.1, 0.15) is 24.9 Å². The first-order valence-electron chi connectivity index (χ1n) is 11.8. The van der Waals surface area contributed by atoms with Gasteiger partial charge in [0.15, 0.2) is 11.8 Å². The zero-order chi connectivity index (χ0) is 24.8. The zero-order valence-corrected chi connectivity index (χ0v) is 20.0. The van der Waals surface area contributed by atoms with Crippen molar-refractivity contribution in [2.24, 2.45) is 0 Å². The zero-order valence-electron chi connectivity index (χ0n) is 19.3. The molecule has 0 spiro atoms. The number of nitrogens with one attached hydrogen (secondary N) is 1. The van der Waals surface area contributed by atoms with Gasteiger partial charge in [-0.05, 0) is 23.6 Å². The number of amides is 1. The van der Waals surface area contributed by atoms with Crippen LogP contribution in [0.4, 0.5) is 0 Å². The van der Waals surface area contributed by atoms with E-state index in [0.29, 0.717) is 47.6 Å². The van der Waals surface area contributed by atoms with Crippen molar-refractivity contribution in [2.45, 2.75) is 30.8 Å². The molecule has 36 heavy (non-hydrogen) atoms. The topological polar surface area (TPSA) is 130 Å². The second-order valence-corrected chi connectivity index (χ2v) is 9.51. The molecule has 188 valence electrons. The van der Waals surface area contributed by atoms with E-state index >= 15 is 0 Å². The Labute approximate surface area is 211 Å². The summed E-state index contributed by atoms with van der Waals surface area (Å²) in [4.78, 5) is 25.5. The number of fused-ring (bicyclic) bond motifs is 2. The highest BCUT2D eigenvalue weighted by Crippen LogP contribution is 2.33. The van der Waals surface area contributed by atoms with E-state index in [4.69, 9.17) is 30.9 Å². The molecule has 2 unspecified atom stereocenters. The van der Waals surface area contributed by atoms with Crippen molar-refractivity contribution < 1.29 is 29.2 Å². The maximum absolute atomic E-state index is 11.7. The lowest BCUT2D eigenvalue weighted by atomic mass is 9.97. The molecule has 5 heterocycles. The summed E-state index contributed by atoms with van der Waals surface area (Å²) in [6.07, 6.45) is 1.00.